The first-order valence-electron chi connectivity index (χ1n) is 8.49. The number of para-hydroxylation sites is 1. The molecule has 0 unspecified atom stereocenters. The summed E-state index contributed by atoms with van der Waals surface area (Å²) < 4.78 is 37.4. The highest BCUT2D eigenvalue weighted by Gasteiger charge is 2.37. The molecule has 0 bridgehead atoms. The molecule has 2 aromatic carbocycles. The number of aryl methyl sites for hydroxylation is 1. The van der Waals surface area contributed by atoms with Crippen LogP contribution >= 0.6 is 0 Å². The molecule has 0 atom stereocenters. The molecule has 0 aliphatic carbocycles. The molecular weight excluding hydrogens is 352 g/mol. The van der Waals surface area contributed by atoms with Crippen molar-refractivity contribution in [3.63, 3.8) is 0 Å². The molecule has 1 aliphatic heterocycles. The highest BCUT2D eigenvalue weighted by Crippen LogP contribution is 2.44. The quantitative estimate of drug-likeness (QED) is 0.816. The fourth-order valence-electron chi connectivity index (χ4n) is 3.48. The first kappa shape index (κ1) is 18.6. The van der Waals surface area contributed by atoms with E-state index >= 15 is 0 Å². The van der Waals surface area contributed by atoms with Crippen LogP contribution in [0, 0.1) is 27.7 Å². The van der Waals surface area contributed by atoms with Crippen LogP contribution in [0.2, 0.25) is 0 Å². The standard InChI is InChI=1S/C20H24O5S/c1-11-8-7-9-16(17(11)21)25-26(22,23)19-13(3)12(2)18-15(14(19)4)10-20(5,6)24-18/h7-9,21H,10H2,1-6H3. The van der Waals surface area contributed by atoms with Crippen molar-refractivity contribution >= 4 is 10.1 Å². The molecule has 0 fully saturated rings. The SMILES string of the molecule is Cc1cccc(OS(=O)(=O)c2c(C)c(C)c3c(c2C)CC(C)(C)O3)c1O. The second kappa shape index (κ2) is 5.91. The van der Waals surface area contributed by atoms with Crippen molar-refractivity contribution in [3.05, 3.63) is 46.0 Å². The zero-order valence-electron chi connectivity index (χ0n) is 15.9. The molecule has 26 heavy (non-hydrogen) atoms. The monoisotopic (exact) mass is 376 g/mol. The minimum atomic E-state index is -4.11. The Balaban J connectivity index is 2.15. The van der Waals surface area contributed by atoms with E-state index in [4.69, 9.17) is 8.92 Å². The number of fused-ring (bicyclic) bond motifs is 1. The van der Waals surface area contributed by atoms with Gasteiger partial charge in [0.2, 0.25) is 0 Å². The van der Waals surface area contributed by atoms with Gasteiger partial charge in [0.25, 0.3) is 0 Å². The van der Waals surface area contributed by atoms with Gasteiger partial charge in [-0.05, 0) is 69.9 Å². The van der Waals surface area contributed by atoms with Gasteiger partial charge in [0.05, 0.1) is 0 Å². The summed E-state index contributed by atoms with van der Waals surface area (Å²) in [7, 11) is -4.11. The van der Waals surface area contributed by atoms with Gasteiger partial charge >= 0.3 is 10.1 Å². The first-order chi connectivity index (χ1) is 11.9. The Labute approximate surface area is 154 Å². The fourth-order valence-corrected chi connectivity index (χ4v) is 4.96. The zero-order chi connectivity index (χ0) is 19.4. The molecule has 0 saturated carbocycles. The molecule has 1 N–H and O–H groups in total. The Morgan fingerprint density at radius 1 is 1.08 bits per heavy atom. The van der Waals surface area contributed by atoms with Crippen molar-refractivity contribution < 1.29 is 22.4 Å². The molecule has 0 radical (unpaired) electrons. The van der Waals surface area contributed by atoms with Crippen LogP contribution in [0.1, 0.15) is 41.7 Å². The molecule has 140 valence electrons. The van der Waals surface area contributed by atoms with E-state index in [1.54, 1.807) is 32.9 Å². The smallest absolute Gasteiger partial charge is 0.339 e. The van der Waals surface area contributed by atoms with E-state index in [1.807, 2.05) is 20.8 Å². The summed E-state index contributed by atoms with van der Waals surface area (Å²) in [5.41, 5.74) is 3.11. The molecule has 0 aromatic heterocycles. The third-order valence-electron chi connectivity index (χ3n) is 4.94. The number of aromatic hydroxyl groups is 1. The summed E-state index contributed by atoms with van der Waals surface area (Å²) >= 11 is 0. The number of phenols is 1. The maximum Gasteiger partial charge on any atom is 0.339 e. The molecule has 2 aromatic rings. The lowest BCUT2D eigenvalue weighted by Crippen LogP contribution is -2.24. The van der Waals surface area contributed by atoms with Crippen LogP contribution in [0.15, 0.2) is 23.1 Å². The molecule has 0 saturated heterocycles. The van der Waals surface area contributed by atoms with Crippen LogP contribution in [-0.2, 0) is 16.5 Å². The summed E-state index contributed by atoms with van der Waals surface area (Å²) in [6.45, 7) is 11.0. The van der Waals surface area contributed by atoms with Crippen molar-refractivity contribution in [2.24, 2.45) is 0 Å². The molecular formula is C20H24O5S. The van der Waals surface area contributed by atoms with Gasteiger partial charge in [-0.3, -0.25) is 0 Å². The normalized spacial score (nSPS) is 15.5. The molecule has 0 spiro atoms. The van der Waals surface area contributed by atoms with Crippen LogP contribution in [0.5, 0.6) is 17.2 Å². The summed E-state index contributed by atoms with van der Waals surface area (Å²) in [6, 6.07) is 4.77. The number of hydrogen-bond donors (Lipinski definition) is 1. The van der Waals surface area contributed by atoms with Gasteiger partial charge in [-0.15, -0.1) is 0 Å². The van der Waals surface area contributed by atoms with Crippen molar-refractivity contribution in [1.29, 1.82) is 0 Å². The summed E-state index contributed by atoms with van der Waals surface area (Å²) in [5.74, 6) is 0.523. The Kier molecular flexibility index (Phi) is 4.22. The number of hydrogen-bond acceptors (Lipinski definition) is 5. The zero-order valence-corrected chi connectivity index (χ0v) is 16.7. The van der Waals surface area contributed by atoms with Gasteiger partial charge in [0.1, 0.15) is 16.2 Å². The third kappa shape index (κ3) is 2.92. The molecule has 3 rings (SSSR count). The largest absolute Gasteiger partial charge is 0.504 e. The maximum absolute atomic E-state index is 13.0. The highest BCUT2D eigenvalue weighted by atomic mass is 32.2. The van der Waals surface area contributed by atoms with Crippen LogP contribution < -0.4 is 8.92 Å². The molecule has 6 heteroatoms. The van der Waals surface area contributed by atoms with Gasteiger partial charge in [0.15, 0.2) is 11.5 Å². The minimum absolute atomic E-state index is 0.0708. The van der Waals surface area contributed by atoms with E-state index in [0.29, 0.717) is 23.1 Å². The summed E-state index contributed by atoms with van der Waals surface area (Å²) in [4.78, 5) is 0.149. The second-order valence-electron chi connectivity index (χ2n) is 7.51. The van der Waals surface area contributed by atoms with Gasteiger partial charge in [-0.2, -0.15) is 8.42 Å². The number of benzene rings is 2. The average molecular weight is 376 g/mol. The van der Waals surface area contributed by atoms with Gasteiger partial charge in [0, 0.05) is 12.0 Å². The van der Waals surface area contributed by atoms with Gasteiger partial charge in [-0.25, -0.2) is 0 Å². The molecule has 1 heterocycles. The maximum atomic E-state index is 13.0. The highest BCUT2D eigenvalue weighted by molar-refractivity contribution is 7.87. The Bertz CT molecular complexity index is 1000. The van der Waals surface area contributed by atoms with E-state index in [2.05, 4.69) is 0 Å². The number of rotatable bonds is 3. The molecule has 5 nitrogen and oxygen atoms in total. The van der Waals surface area contributed by atoms with Crippen molar-refractivity contribution in [2.45, 2.75) is 58.5 Å². The van der Waals surface area contributed by atoms with Crippen molar-refractivity contribution in [1.82, 2.24) is 0 Å². The Morgan fingerprint density at radius 3 is 2.38 bits per heavy atom. The molecule has 0 amide bonds. The number of phenolic OH excluding ortho intramolecular Hbond substituents is 1. The second-order valence-corrected chi connectivity index (χ2v) is 8.99. The van der Waals surface area contributed by atoms with Crippen LogP contribution in [-0.4, -0.2) is 19.1 Å². The lowest BCUT2D eigenvalue weighted by molar-refractivity contribution is 0.137. The minimum Gasteiger partial charge on any atom is -0.504 e. The van der Waals surface area contributed by atoms with Crippen molar-refractivity contribution in [3.8, 4) is 17.2 Å². The van der Waals surface area contributed by atoms with Gasteiger partial charge in [-0.1, -0.05) is 12.1 Å². The Morgan fingerprint density at radius 2 is 1.73 bits per heavy atom. The predicted octanol–water partition coefficient (Wildman–Crippen LogP) is 4.11. The lowest BCUT2D eigenvalue weighted by Gasteiger charge is -2.19. The van der Waals surface area contributed by atoms with Crippen molar-refractivity contribution in [2.75, 3.05) is 0 Å². The lowest BCUT2D eigenvalue weighted by atomic mass is 9.94. The average Bonchev–Trinajstić information content (AvgIpc) is 2.86. The van der Waals surface area contributed by atoms with Crippen LogP contribution in [0.25, 0.3) is 0 Å². The predicted molar refractivity (Wildman–Crippen MR) is 99.7 cm³/mol. The first-order valence-corrected chi connectivity index (χ1v) is 9.90. The van der Waals surface area contributed by atoms with E-state index in [9.17, 15) is 13.5 Å². The van der Waals surface area contributed by atoms with E-state index in [1.165, 1.54) is 6.07 Å². The molecule has 1 aliphatic rings. The van der Waals surface area contributed by atoms with E-state index in [-0.39, 0.29) is 22.0 Å². The summed E-state index contributed by atoms with van der Waals surface area (Å²) in [5, 5.41) is 10.1. The number of ether oxygens (including phenoxy) is 1. The third-order valence-corrected chi connectivity index (χ3v) is 6.45. The van der Waals surface area contributed by atoms with Gasteiger partial charge < -0.3 is 14.0 Å². The Hall–Kier alpha value is -2.21. The van der Waals surface area contributed by atoms with E-state index < -0.39 is 10.1 Å². The van der Waals surface area contributed by atoms with E-state index in [0.717, 1.165) is 16.9 Å². The van der Waals surface area contributed by atoms with Crippen LogP contribution in [0.4, 0.5) is 0 Å². The fraction of sp³-hybridized carbons (Fsp3) is 0.400. The van der Waals surface area contributed by atoms with Crippen LogP contribution in [0.3, 0.4) is 0 Å². The summed E-state index contributed by atoms with van der Waals surface area (Å²) in [6.07, 6.45) is 0.632. The topological polar surface area (TPSA) is 72.8 Å².